The van der Waals surface area contributed by atoms with Crippen LogP contribution in [0.25, 0.3) is 0 Å². The number of carbonyl (C=O) groups excluding carboxylic acids is 1. The van der Waals surface area contributed by atoms with Crippen LogP contribution in [0, 0.1) is 0 Å². The topological polar surface area (TPSA) is 23.6 Å². The van der Waals surface area contributed by atoms with Crippen molar-refractivity contribution in [2.45, 2.75) is 19.9 Å². The van der Waals surface area contributed by atoms with E-state index in [9.17, 15) is 4.79 Å². The first-order chi connectivity index (χ1) is 6.15. The quantitative estimate of drug-likeness (QED) is 0.558. The zero-order valence-corrected chi connectivity index (χ0v) is 8.66. The molecule has 1 fully saturated rings. The van der Waals surface area contributed by atoms with Crippen LogP contribution < -0.4 is 0 Å². The fourth-order valence-electron chi connectivity index (χ4n) is 1.71. The summed E-state index contributed by atoms with van der Waals surface area (Å²) in [5.74, 6) is 0.142. The van der Waals surface area contributed by atoms with Crippen LogP contribution in [0.2, 0.25) is 0 Å². The highest BCUT2D eigenvalue weighted by molar-refractivity contribution is 5.87. The molecule has 1 heterocycles. The standard InChI is InChI=1S/C10H18N2O/c1-4-5-10(13)12-7-6-11(3)8-9(12)2/h4-5,9H,6-8H2,1-3H3/b5-4+/t9-/m1/s1. The molecular formula is C10H18N2O. The predicted molar refractivity (Wildman–Crippen MR) is 53.5 cm³/mol. The molecule has 0 aromatic carbocycles. The maximum Gasteiger partial charge on any atom is 0.246 e. The number of hydrogen-bond acceptors (Lipinski definition) is 2. The average Bonchev–Trinajstić information content (AvgIpc) is 2.04. The van der Waals surface area contributed by atoms with Gasteiger partial charge in [0, 0.05) is 25.7 Å². The number of rotatable bonds is 1. The molecule has 0 aromatic rings. The van der Waals surface area contributed by atoms with Gasteiger partial charge in [-0.3, -0.25) is 4.79 Å². The largest absolute Gasteiger partial charge is 0.334 e. The molecule has 3 heteroatoms. The zero-order valence-electron chi connectivity index (χ0n) is 8.66. The molecule has 0 spiro atoms. The van der Waals surface area contributed by atoms with Gasteiger partial charge in [-0.15, -0.1) is 0 Å². The Hall–Kier alpha value is -0.830. The molecule has 0 unspecified atom stereocenters. The van der Waals surface area contributed by atoms with E-state index in [1.165, 1.54) is 0 Å². The summed E-state index contributed by atoms with van der Waals surface area (Å²) in [7, 11) is 2.09. The zero-order chi connectivity index (χ0) is 9.84. The molecule has 0 radical (unpaired) electrons. The monoisotopic (exact) mass is 182 g/mol. The Bertz CT molecular complexity index is 213. The van der Waals surface area contributed by atoms with E-state index in [-0.39, 0.29) is 5.91 Å². The molecule has 1 aliphatic heterocycles. The summed E-state index contributed by atoms with van der Waals surface area (Å²) in [5.41, 5.74) is 0. The Morgan fingerprint density at radius 1 is 1.46 bits per heavy atom. The summed E-state index contributed by atoms with van der Waals surface area (Å²) in [4.78, 5) is 15.7. The Labute approximate surface area is 80.0 Å². The number of nitrogens with zero attached hydrogens (tertiary/aromatic N) is 2. The van der Waals surface area contributed by atoms with Crippen molar-refractivity contribution in [3.63, 3.8) is 0 Å². The summed E-state index contributed by atoms with van der Waals surface area (Å²) < 4.78 is 0. The second-order valence-corrected chi connectivity index (χ2v) is 3.64. The number of allylic oxidation sites excluding steroid dienone is 1. The normalized spacial score (nSPS) is 25.5. The molecule has 0 bridgehead atoms. The highest BCUT2D eigenvalue weighted by Gasteiger charge is 2.23. The third-order valence-electron chi connectivity index (χ3n) is 2.42. The average molecular weight is 182 g/mol. The molecule has 0 saturated carbocycles. The van der Waals surface area contributed by atoms with Crippen LogP contribution in [-0.4, -0.2) is 48.4 Å². The van der Waals surface area contributed by atoms with E-state index in [1.54, 1.807) is 12.2 Å². The molecule has 74 valence electrons. The molecular weight excluding hydrogens is 164 g/mol. The molecule has 0 N–H and O–H groups in total. The minimum Gasteiger partial charge on any atom is -0.334 e. The highest BCUT2D eigenvalue weighted by atomic mass is 16.2. The van der Waals surface area contributed by atoms with Crippen molar-refractivity contribution in [2.75, 3.05) is 26.7 Å². The van der Waals surface area contributed by atoms with Gasteiger partial charge >= 0.3 is 0 Å². The van der Waals surface area contributed by atoms with Crippen LogP contribution in [-0.2, 0) is 4.79 Å². The van der Waals surface area contributed by atoms with Gasteiger partial charge in [-0.05, 0) is 27.0 Å². The minimum atomic E-state index is 0.142. The van der Waals surface area contributed by atoms with E-state index >= 15 is 0 Å². The fraction of sp³-hybridized carbons (Fsp3) is 0.700. The van der Waals surface area contributed by atoms with Crippen LogP contribution >= 0.6 is 0 Å². The van der Waals surface area contributed by atoms with Crippen molar-refractivity contribution >= 4 is 5.91 Å². The van der Waals surface area contributed by atoms with Crippen LogP contribution in [0.3, 0.4) is 0 Å². The second kappa shape index (κ2) is 4.42. The summed E-state index contributed by atoms with van der Waals surface area (Å²) >= 11 is 0. The van der Waals surface area contributed by atoms with Crippen molar-refractivity contribution in [1.82, 2.24) is 9.80 Å². The summed E-state index contributed by atoms with van der Waals surface area (Å²) in [5, 5.41) is 0. The lowest BCUT2D eigenvalue weighted by atomic mass is 10.2. The fourth-order valence-corrected chi connectivity index (χ4v) is 1.71. The Morgan fingerprint density at radius 3 is 2.69 bits per heavy atom. The number of amides is 1. The van der Waals surface area contributed by atoms with Crippen molar-refractivity contribution in [3.05, 3.63) is 12.2 Å². The van der Waals surface area contributed by atoms with Crippen LogP contribution in [0.4, 0.5) is 0 Å². The van der Waals surface area contributed by atoms with Crippen molar-refractivity contribution in [1.29, 1.82) is 0 Å². The first-order valence-corrected chi connectivity index (χ1v) is 4.77. The summed E-state index contributed by atoms with van der Waals surface area (Å²) in [6.07, 6.45) is 3.44. The summed E-state index contributed by atoms with van der Waals surface area (Å²) in [6, 6.07) is 0.336. The summed E-state index contributed by atoms with van der Waals surface area (Å²) in [6.45, 7) is 6.77. The van der Waals surface area contributed by atoms with E-state index in [0.717, 1.165) is 19.6 Å². The molecule has 0 aromatic heterocycles. The van der Waals surface area contributed by atoms with Gasteiger partial charge in [0.1, 0.15) is 0 Å². The first kappa shape index (κ1) is 10.3. The number of likely N-dealkylation sites (N-methyl/N-ethyl adjacent to an activating group) is 1. The van der Waals surface area contributed by atoms with Gasteiger partial charge in [0.2, 0.25) is 5.91 Å². The van der Waals surface area contributed by atoms with Gasteiger partial charge in [-0.25, -0.2) is 0 Å². The van der Waals surface area contributed by atoms with E-state index < -0.39 is 0 Å². The molecule has 1 aliphatic rings. The molecule has 13 heavy (non-hydrogen) atoms. The Balaban J connectivity index is 2.55. The molecule has 1 rings (SSSR count). The van der Waals surface area contributed by atoms with E-state index in [0.29, 0.717) is 6.04 Å². The first-order valence-electron chi connectivity index (χ1n) is 4.77. The van der Waals surface area contributed by atoms with Gasteiger partial charge in [-0.1, -0.05) is 6.08 Å². The van der Waals surface area contributed by atoms with Crippen molar-refractivity contribution in [3.8, 4) is 0 Å². The van der Waals surface area contributed by atoms with Crippen molar-refractivity contribution in [2.24, 2.45) is 0 Å². The predicted octanol–water partition coefficient (Wildman–Crippen LogP) is 0.725. The van der Waals surface area contributed by atoms with Crippen molar-refractivity contribution < 1.29 is 4.79 Å². The minimum absolute atomic E-state index is 0.142. The van der Waals surface area contributed by atoms with E-state index in [4.69, 9.17) is 0 Å². The maximum absolute atomic E-state index is 11.5. The lowest BCUT2D eigenvalue weighted by Crippen LogP contribution is -2.52. The van der Waals surface area contributed by atoms with Crippen LogP contribution in [0.15, 0.2) is 12.2 Å². The Kier molecular flexibility index (Phi) is 3.48. The maximum atomic E-state index is 11.5. The smallest absolute Gasteiger partial charge is 0.246 e. The number of carbonyl (C=O) groups is 1. The number of hydrogen-bond donors (Lipinski definition) is 0. The van der Waals surface area contributed by atoms with E-state index in [1.807, 2.05) is 11.8 Å². The number of piperazine rings is 1. The molecule has 1 saturated heterocycles. The van der Waals surface area contributed by atoms with Gasteiger partial charge in [0.15, 0.2) is 0 Å². The van der Waals surface area contributed by atoms with E-state index in [2.05, 4.69) is 18.9 Å². The third kappa shape index (κ3) is 2.56. The third-order valence-corrected chi connectivity index (χ3v) is 2.42. The van der Waals surface area contributed by atoms with Crippen LogP contribution in [0.1, 0.15) is 13.8 Å². The van der Waals surface area contributed by atoms with Gasteiger partial charge in [0.25, 0.3) is 0 Å². The van der Waals surface area contributed by atoms with Crippen LogP contribution in [0.5, 0.6) is 0 Å². The van der Waals surface area contributed by atoms with Gasteiger partial charge in [0.05, 0.1) is 0 Å². The highest BCUT2D eigenvalue weighted by Crippen LogP contribution is 2.08. The molecule has 3 nitrogen and oxygen atoms in total. The SMILES string of the molecule is C/C=C/C(=O)N1CCN(C)C[C@H]1C. The molecule has 0 aliphatic carbocycles. The second-order valence-electron chi connectivity index (χ2n) is 3.64. The molecule has 1 amide bonds. The molecule has 1 atom stereocenters. The van der Waals surface area contributed by atoms with Gasteiger partial charge < -0.3 is 9.80 Å². The Morgan fingerprint density at radius 2 is 2.15 bits per heavy atom. The van der Waals surface area contributed by atoms with Gasteiger partial charge in [-0.2, -0.15) is 0 Å². The lowest BCUT2D eigenvalue weighted by molar-refractivity contribution is -0.130. The lowest BCUT2D eigenvalue weighted by Gasteiger charge is -2.37.